The topological polar surface area (TPSA) is 28.7 Å². The molecule has 0 saturated carbocycles. The second-order valence-electron chi connectivity index (χ2n) is 6.77. The Bertz CT molecular complexity index is 536. The second-order valence-corrected chi connectivity index (χ2v) is 6.77. The van der Waals surface area contributed by atoms with Gasteiger partial charge in [0, 0.05) is 22.7 Å². The molecule has 0 saturated heterocycles. The van der Waals surface area contributed by atoms with Crippen LogP contribution in [0.5, 0.6) is 0 Å². The summed E-state index contributed by atoms with van der Waals surface area (Å²) in [5.74, 6) is 0. The number of aromatic nitrogens is 2. The molecule has 92 valence electrons. The van der Waals surface area contributed by atoms with Gasteiger partial charge in [0.05, 0.1) is 0 Å². The average Bonchev–Trinajstić information content (AvgIpc) is 2.54. The summed E-state index contributed by atoms with van der Waals surface area (Å²) in [6.45, 7) is 13.5. The highest BCUT2D eigenvalue weighted by atomic mass is 14.9. The summed E-state index contributed by atoms with van der Waals surface area (Å²) < 4.78 is 0. The highest BCUT2D eigenvalue weighted by Gasteiger charge is 2.29. The highest BCUT2D eigenvalue weighted by molar-refractivity contribution is 5.83. The van der Waals surface area contributed by atoms with Gasteiger partial charge in [-0.3, -0.25) is 0 Å². The molecule has 2 rings (SSSR count). The maximum Gasteiger partial charge on any atom is 0.137 e. The number of nitrogens with zero attached hydrogens (tertiary/aromatic N) is 1. The summed E-state index contributed by atoms with van der Waals surface area (Å²) in [5.41, 5.74) is 3.95. The summed E-state index contributed by atoms with van der Waals surface area (Å²) in [4.78, 5) is 7.93. The van der Waals surface area contributed by atoms with E-state index in [1.54, 1.807) is 0 Å². The van der Waals surface area contributed by atoms with E-state index in [0.29, 0.717) is 0 Å². The third-order valence-electron chi connectivity index (χ3n) is 3.07. The number of hydrogen-bond acceptors (Lipinski definition) is 1. The lowest BCUT2D eigenvalue weighted by atomic mass is 9.78. The predicted octanol–water partition coefficient (Wildman–Crippen LogP) is 4.16. The highest BCUT2D eigenvalue weighted by Crippen LogP contribution is 2.37. The van der Waals surface area contributed by atoms with Crippen molar-refractivity contribution in [3.05, 3.63) is 29.6 Å². The Kier molecular flexibility index (Phi) is 2.57. The van der Waals surface area contributed by atoms with Crippen LogP contribution in [0.2, 0.25) is 0 Å². The lowest BCUT2D eigenvalue weighted by Gasteiger charge is -2.26. The average molecular weight is 230 g/mol. The van der Waals surface area contributed by atoms with E-state index in [-0.39, 0.29) is 10.8 Å². The van der Waals surface area contributed by atoms with E-state index in [2.05, 4.69) is 57.6 Å². The largest absolute Gasteiger partial charge is 0.342 e. The molecule has 0 aliphatic carbocycles. The number of H-pyrrole nitrogens is 1. The van der Waals surface area contributed by atoms with Crippen LogP contribution in [0.3, 0.4) is 0 Å². The van der Waals surface area contributed by atoms with Gasteiger partial charge in [0.2, 0.25) is 0 Å². The smallest absolute Gasteiger partial charge is 0.137 e. The monoisotopic (exact) mass is 230 g/mol. The van der Waals surface area contributed by atoms with E-state index in [9.17, 15) is 0 Å². The Morgan fingerprint density at radius 2 is 1.65 bits per heavy atom. The maximum atomic E-state index is 4.43. The Morgan fingerprint density at radius 1 is 1.00 bits per heavy atom. The molecule has 0 unspecified atom stereocenters. The standard InChI is InChI=1S/C15H22N2/c1-14(2,3)11-10-8-7-9-16-13(10)17-12(11)15(4,5)6/h7-9H,1-6H3,(H,16,17). The molecule has 17 heavy (non-hydrogen) atoms. The lowest BCUT2D eigenvalue weighted by Crippen LogP contribution is -2.21. The van der Waals surface area contributed by atoms with Gasteiger partial charge in [0.15, 0.2) is 0 Å². The zero-order valence-electron chi connectivity index (χ0n) is 11.7. The van der Waals surface area contributed by atoms with Gasteiger partial charge in [-0.25, -0.2) is 4.98 Å². The van der Waals surface area contributed by atoms with Crippen LogP contribution < -0.4 is 0 Å². The van der Waals surface area contributed by atoms with Gasteiger partial charge >= 0.3 is 0 Å². The molecule has 0 fully saturated rings. The van der Waals surface area contributed by atoms with Crippen LogP contribution >= 0.6 is 0 Å². The number of fused-ring (bicyclic) bond motifs is 1. The normalized spacial score (nSPS) is 13.3. The minimum atomic E-state index is 0.114. The van der Waals surface area contributed by atoms with Crippen molar-refractivity contribution in [1.29, 1.82) is 0 Å². The van der Waals surface area contributed by atoms with Gasteiger partial charge in [0.25, 0.3) is 0 Å². The molecular weight excluding hydrogens is 208 g/mol. The Balaban J connectivity index is 2.84. The van der Waals surface area contributed by atoms with Gasteiger partial charge < -0.3 is 4.98 Å². The molecule has 0 spiro atoms. The molecular formula is C15H22N2. The molecule has 2 heteroatoms. The Hall–Kier alpha value is -1.31. The van der Waals surface area contributed by atoms with E-state index >= 15 is 0 Å². The maximum absolute atomic E-state index is 4.43. The van der Waals surface area contributed by atoms with E-state index in [0.717, 1.165) is 5.65 Å². The first-order chi connectivity index (χ1) is 7.71. The van der Waals surface area contributed by atoms with Crippen LogP contribution in [0.15, 0.2) is 18.3 Å². The van der Waals surface area contributed by atoms with Gasteiger partial charge in [-0.15, -0.1) is 0 Å². The van der Waals surface area contributed by atoms with Crippen LogP contribution in [0.4, 0.5) is 0 Å². The molecule has 2 aromatic heterocycles. The van der Waals surface area contributed by atoms with Crippen molar-refractivity contribution >= 4 is 11.0 Å². The summed E-state index contributed by atoms with van der Waals surface area (Å²) in [6, 6.07) is 4.17. The SMILES string of the molecule is CC(C)(C)c1[nH]c2ncccc2c1C(C)(C)C. The van der Waals surface area contributed by atoms with Gasteiger partial charge in [-0.2, -0.15) is 0 Å². The number of aromatic amines is 1. The fourth-order valence-electron chi connectivity index (χ4n) is 2.36. The molecule has 0 radical (unpaired) electrons. The second kappa shape index (κ2) is 3.59. The van der Waals surface area contributed by atoms with Crippen LogP contribution in [0, 0.1) is 0 Å². The third kappa shape index (κ3) is 2.08. The van der Waals surface area contributed by atoms with Crippen LogP contribution in [0.1, 0.15) is 52.8 Å². The van der Waals surface area contributed by atoms with E-state index in [1.807, 2.05) is 12.3 Å². The molecule has 0 aliphatic rings. The van der Waals surface area contributed by atoms with Crippen molar-refractivity contribution in [3.8, 4) is 0 Å². The van der Waals surface area contributed by atoms with Gasteiger partial charge in [-0.05, 0) is 23.1 Å². The van der Waals surface area contributed by atoms with E-state index < -0.39 is 0 Å². The number of hydrogen-bond donors (Lipinski definition) is 1. The first-order valence-corrected chi connectivity index (χ1v) is 6.19. The van der Waals surface area contributed by atoms with Crippen molar-refractivity contribution in [2.75, 3.05) is 0 Å². The molecule has 2 heterocycles. The molecule has 2 nitrogen and oxygen atoms in total. The molecule has 0 amide bonds. The van der Waals surface area contributed by atoms with Gasteiger partial charge in [-0.1, -0.05) is 41.5 Å². The molecule has 0 aliphatic heterocycles. The Morgan fingerprint density at radius 3 is 2.18 bits per heavy atom. The number of nitrogens with one attached hydrogen (secondary N) is 1. The zero-order valence-corrected chi connectivity index (χ0v) is 11.7. The van der Waals surface area contributed by atoms with E-state index in [1.165, 1.54) is 16.6 Å². The minimum absolute atomic E-state index is 0.114. The summed E-state index contributed by atoms with van der Waals surface area (Å²) in [5, 5.41) is 1.25. The molecule has 2 aromatic rings. The predicted molar refractivity (Wildman–Crippen MR) is 73.5 cm³/mol. The summed E-state index contributed by atoms with van der Waals surface area (Å²) in [7, 11) is 0. The number of pyridine rings is 1. The van der Waals surface area contributed by atoms with Crippen LogP contribution in [-0.4, -0.2) is 9.97 Å². The fourth-order valence-corrected chi connectivity index (χ4v) is 2.36. The Labute approximate surface area is 103 Å². The molecule has 0 aromatic carbocycles. The van der Waals surface area contributed by atoms with Crippen molar-refractivity contribution in [2.45, 2.75) is 52.4 Å². The fraction of sp³-hybridized carbons (Fsp3) is 0.533. The first-order valence-electron chi connectivity index (χ1n) is 6.19. The summed E-state index contributed by atoms with van der Waals surface area (Å²) >= 11 is 0. The third-order valence-corrected chi connectivity index (χ3v) is 3.07. The van der Waals surface area contributed by atoms with E-state index in [4.69, 9.17) is 0 Å². The quantitative estimate of drug-likeness (QED) is 0.723. The lowest BCUT2D eigenvalue weighted by molar-refractivity contribution is 0.524. The van der Waals surface area contributed by atoms with Crippen molar-refractivity contribution in [2.24, 2.45) is 0 Å². The van der Waals surface area contributed by atoms with Crippen LogP contribution in [0.25, 0.3) is 11.0 Å². The van der Waals surface area contributed by atoms with Crippen molar-refractivity contribution in [3.63, 3.8) is 0 Å². The van der Waals surface area contributed by atoms with Gasteiger partial charge in [0.1, 0.15) is 5.65 Å². The molecule has 0 bridgehead atoms. The minimum Gasteiger partial charge on any atom is -0.342 e. The van der Waals surface area contributed by atoms with Crippen LogP contribution in [-0.2, 0) is 10.8 Å². The zero-order chi connectivity index (χ0) is 12.8. The number of rotatable bonds is 0. The summed E-state index contributed by atoms with van der Waals surface area (Å²) in [6.07, 6.45) is 1.84. The first kappa shape index (κ1) is 12.2. The van der Waals surface area contributed by atoms with Crippen molar-refractivity contribution < 1.29 is 0 Å². The molecule has 0 atom stereocenters. The van der Waals surface area contributed by atoms with Crippen molar-refractivity contribution in [1.82, 2.24) is 9.97 Å². The molecule has 1 N–H and O–H groups in total.